The Labute approximate surface area is 173 Å². The van der Waals surface area contributed by atoms with Gasteiger partial charge in [-0.1, -0.05) is 34.1 Å². The molecule has 0 saturated carbocycles. The third kappa shape index (κ3) is 24.2. The van der Waals surface area contributed by atoms with Crippen molar-refractivity contribution in [2.75, 3.05) is 31.6 Å². The van der Waals surface area contributed by atoms with E-state index in [-0.39, 0.29) is 18.4 Å². The number of nitrogens with one attached hydrogen (secondary N) is 3. The van der Waals surface area contributed by atoms with Crippen LogP contribution in [0.4, 0.5) is 0 Å². The Morgan fingerprint density at radius 3 is 1.96 bits per heavy atom. The van der Waals surface area contributed by atoms with Crippen molar-refractivity contribution in [1.29, 1.82) is 0 Å². The summed E-state index contributed by atoms with van der Waals surface area (Å²) in [6.07, 6.45) is 4.32. The molecule has 0 aliphatic rings. The number of amides is 3. The fourth-order valence-electron chi connectivity index (χ4n) is 1.48. The van der Waals surface area contributed by atoms with Crippen molar-refractivity contribution in [3.05, 3.63) is 0 Å². The molecular weight excluding hydrogens is 384 g/mol. The van der Waals surface area contributed by atoms with E-state index in [0.29, 0.717) is 0 Å². The van der Waals surface area contributed by atoms with Crippen molar-refractivity contribution in [3.63, 3.8) is 0 Å². The summed E-state index contributed by atoms with van der Waals surface area (Å²) >= 11 is 1.86. The third-order valence-corrected chi connectivity index (χ3v) is 3.64. The second kappa shape index (κ2) is 21.5. The van der Waals surface area contributed by atoms with E-state index in [1.54, 1.807) is 13.8 Å². The molecule has 0 aliphatic heterocycles. The minimum absolute atomic E-state index is 0.0680. The Morgan fingerprint density at radius 1 is 1.11 bits per heavy atom. The molecule has 0 aromatic rings. The molecule has 166 valence electrons. The van der Waals surface area contributed by atoms with Crippen LogP contribution in [-0.4, -0.2) is 66.5 Å². The van der Waals surface area contributed by atoms with E-state index in [1.165, 1.54) is 12.7 Å². The molecule has 0 bridgehead atoms. The van der Waals surface area contributed by atoms with Crippen LogP contribution < -0.4 is 21.7 Å². The number of rotatable bonds is 10. The lowest BCUT2D eigenvalue weighted by atomic mass is 10.0. The van der Waals surface area contributed by atoms with E-state index in [0.717, 1.165) is 19.4 Å². The highest BCUT2D eigenvalue weighted by atomic mass is 32.2. The molecule has 1 atom stereocenters. The quantitative estimate of drug-likeness (QED) is 0.323. The van der Waals surface area contributed by atoms with Crippen LogP contribution in [0.1, 0.15) is 47.5 Å². The normalized spacial score (nSPS) is 10.4. The highest BCUT2D eigenvalue weighted by Crippen LogP contribution is 2.01. The number of nitrogens with two attached hydrogens (primary N) is 1. The first kappa shape index (κ1) is 30.9. The van der Waals surface area contributed by atoms with Crippen molar-refractivity contribution in [2.45, 2.75) is 53.5 Å². The van der Waals surface area contributed by atoms with Crippen LogP contribution >= 0.6 is 11.8 Å². The Bertz CT molecular complexity index is 446. The number of thioether (sulfide) groups is 1. The molecule has 10 heteroatoms. The van der Waals surface area contributed by atoms with Gasteiger partial charge in [0.1, 0.15) is 12.6 Å². The topological polar surface area (TPSA) is 151 Å². The fourth-order valence-corrected chi connectivity index (χ4v) is 1.48. The molecule has 0 radical (unpaired) electrons. The third-order valence-electron chi connectivity index (χ3n) is 3.06. The number of carbonyl (C=O) groups is 4. The van der Waals surface area contributed by atoms with Crippen LogP contribution in [0.3, 0.4) is 0 Å². The average Bonchev–Trinajstić information content (AvgIpc) is 2.64. The van der Waals surface area contributed by atoms with Crippen molar-refractivity contribution in [3.8, 4) is 0 Å². The Kier molecular flexibility index (Phi) is 23.7. The first-order chi connectivity index (χ1) is 13.1. The zero-order chi connectivity index (χ0) is 22.5. The van der Waals surface area contributed by atoms with Gasteiger partial charge in [-0.25, -0.2) is 0 Å². The number of aliphatic carboxylic acids is 1. The van der Waals surface area contributed by atoms with Crippen LogP contribution in [0.5, 0.6) is 0 Å². The molecule has 9 nitrogen and oxygen atoms in total. The maximum atomic E-state index is 11.5. The number of hydrogen-bond acceptors (Lipinski definition) is 6. The van der Waals surface area contributed by atoms with Gasteiger partial charge in [0.05, 0.1) is 6.54 Å². The second-order valence-corrected chi connectivity index (χ2v) is 7.17. The fraction of sp³-hybridized carbons (Fsp3) is 0.778. The van der Waals surface area contributed by atoms with Crippen molar-refractivity contribution >= 4 is 35.5 Å². The van der Waals surface area contributed by atoms with E-state index in [9.17, 15) is 19.2 Å². The van der Waals surface area contributed by atoms with Crippen LogP contribution in [-0.2, 0) is 19.2 Å². The van der Waals surface area contributed by atoms with Gasteiger partial charge >= 0.3 is 5.97 Å². The monoisotopic (exact) mass is 422 g/mol. The average molecular weight is 423 g/mol. The molecule has 6 N–H and O–H groups in total. The predicted octanol–water partition coefficient (Wildman–Crippen LogP) is 0.579. The molecule has 0 spiro atoms. The Hall–Kier alpha value is -1.81. The summed E-state index contributed by atoms with van der Waals surface area (Å²) in [7, 11) is 0. The van der Waals surface area contributed by atoms with E-state index >= 15 is 0 Å². The maximum absolute atomic E-state index is 11.5. The van der Waals surface area contributed by atoms with Crippen molar-refractivity contribution < 1.29 is 24.3 Å². The Balaban J connectivity index is -0.000000431. The lowest BCUT2D eigenvalue weighted by Crippen LogP contribution is -2.51. The number of carboxylic acids is 1. The van der Waals surface area contributed by atoms with Crippen molar-refractivity contribution in [1.82, 2.24) is 16.0 Å². The maximum Gasteiger partial charge on any atom is 0.322 e. The standard InChI is InChI=1S/C9H17N3O4.C6H13NO.C3H8S/c1-5(2)8(12-6(13)3-10)9(16)11-4-7(14)15;1-3-4-5-7-6(2)8;1-3-4-2/h5,8H,3-4,10H2,1-2H3,(H,11,16)(H,12,13)(H,14,15);3-5H2,1-2H3,(H,7,8);3H2,1-2H3. The van der Waals surface area contributed by atoms with E-state index in [4.69, 9.17) is 10.8 Å². The second-order valence-electron chi connectivity index (χ2n) is 6.02. The van der Waals surface area contributed by atoms with Gasteiger partial charge in [0.2, 0.25) is 17.7 Å². The van der Waals surface area contributed by atoms with Gasteiger partial charge in [-0.15, -0.1) is 0 Å². The molecule has 0 rings (SSSR count). The molecular formula is C18H38N4O5S. The van der Waals surface area contributed by atoms with Gasteiger partial charge in [-0.05, 0) is 24.3 Å². The zero-order valence-corrected chi connectivity index (χ0v) is 18.8. The number of unbranched alkanes of at least 4 members (excludes halogenated alkanes) is 1. The SMILES string of the molecule is CC(C)C(NC(=O)CN)C(=O)NCC(=O)O.CCCCNC(C)=O.CCSC. The van der Waals surface area contributed by atoms with Gasteiger partial charge in [0, 0.05) is 13.5 Å². The van der Waals surface area contributed by atoms with Crippen LogP contribution in [0.25, 0.3) is 0 Å². The first-order valence-corrected chi connectivity index (χ1v) is 10.7. The summed E-state index contributed by atoms with van der Waals surface area (Å²) in [5.74, 6) is -0.966. The van der Waals surface area contributed by atoms with E-state index in [1.807, 2.05) is 11.8 Å². The molecule has 1 unspecified atom stereocenters. The largest absolute Gasteiger partial charge is 0.480 e. The van der Waals surface area contributed by atoms with Crippen LogP contribution in [0.2, 0.25) is 0 Å². The number of carboxylic acid groups (broad SMARTS) is 1. The summed E-state index contributed by atoms with van der Waals surface area (Å²) < 4.78 is 0. The minimum atomic E-state index is -1.14. The number of carbonyl (C=O) groups excluding carboxylic acids is 3. The van der Waals surface area contributed by atoms with Gasteiger partial charge in [-0.3, -0.25) is 19.2 Å². The summed E-state index contributed by atoms with van der Waals surface area (Å²) in [6, 6.07) is -0.768. The van der Waals surface area contributed by atoms with Crippen LogP contribution in [0.15, 0.2) is 0 Å². The van der Waals surface area contributed by atoms with E-state index < -0.39 is 30.4 Å². The number of hydrogen-bond donors (Lipinski definition) is 5. The highest BCUT2D eigenvalue weighted by molar-refractivity contribution is 7.98. The molecule has 0 fully saturated rings. The molecule has 0 aliphatic carbocycles. The van der Waals surface area contributed by atoms with Gasteiger partial charge in [-0.2, -0.15) is 11.8 Å². The highest BCUT2D eigenvalue weighted by Gasteiger charge is 2.23. The van der Waals surface area contributed by atoms with E-state index in [2.05, 4.69) is 36.1 Å². The minimum Gasteiger partial charge on any atom is -0.480 e. The summed E-state index contributed by atoms with van der Waals surface area (Å²) in [5.41, 5.74) is 5.10. The van der Waals surface area contributed by atoms with Gasteiger partial charge in [0.25, 0.3) is 0 Å². The molecule has 3 amide bonds. The summed E-state index contributed by atoms with van der Waals surface area (Å²) in [4.78, 5) is 43.0. The molecule has 0 aromatic heterocycles. The molecule has 0 heterocycles. The van der Waals surface area contributed by atoms with Gasteiger partial charge < -0.3 is 26.8 Å². The van der Waals surface area contributed by atoms with Gasteiger partial charge in [0.15, 0.2) is 0 Å². The molecule has 0 saturated heterocycles. The lowest BCUT2D eigenvalue weighted by molar-refractivity contribution is -0.138. The smallest absolute Gasteiger partial charge is 0.322 e. The summed E-state index contributed by atoms with van der Waals surface area (Å²) in [5, 5.41) is 15.7. The zero-order valence-electron chi connectivity index (χ0n) is 18.0. The molecule has 0 aromatic carbocycles. The lowest BCUT2D eigenvalue weighted by Gasteiger charge is -2.20. The predicted molar refractivity (Wildman–Crippen MR) is 114 cm³/mol. The van der Waals surface area contributed by atoms with Crippen molar-refractivity contribution in [2.24, 2.45) is 11.7 Å². The summed E-state index contributed by atoms with van der Waals surface area (Å²) in [6.45, 7) is 9.40. The van der Waals surface area contributed by atoms with Crippen LogP contribution in [0, 0.1) is 5.92 Å². The Morgan fingerprint density at radius 2 is 1.64 bits per heavy atom. The first-order valence-electron chi connectivity index (χ1n) is 9.29. The molecule has 28 heavy (non-hydrogen) atoms.